The van der Waals surface area contributed by atoms with E-state index >= 15 is 0 Å². The molecule has 146 valence electrons. The molecule has 0 spiro atoms. The molecule has 7 nitrogen and oxygen atoms in total. The fraction of sp³-hybridized carbons (Fsp3) is 0.550. The third-order valence-corrected chi connectivity index (χ3v) is 5.64. The summed E-state index contributed by atoms with van der Waals surface area (Å²) in [6.07, 6.45) is 5.99. The molecule has 1 aliphatic heterocycles. The van der Waals surface area contributed by atoms with Crippen LogP contribution in [0.1, 0.15) is 40.0 Å². The van der Waals surface area contributed by atoms with Crippen LogP contribution in [0, 0.1) is 25.2 Å². The molecule has 1 aromatic rings. The average molecular weight is 371 g/mol. The first-order valence-corrected chi connectivity index (χ1v) is 9.46. The number of anilines is 1. The summed E-state index contributed by atoms with van der Waals surface area (Å²) < 4.78 is 6.02. The van der Waals surface area contributed by atoms with Crippen LogP contribution >= 0.6 is 0 Å². The van der Waals surface area contributed by atoms with Gasteiger partial charge >= 0.3 is 0 Å². The van der Waals surface area contributed by atoms with Gasteiger partial charge in [0.25, 0.3) is 0 Å². The maximum Gasteiger partial charge on any atom is 0.152 e. The number of hydrogen-bond acceptors (Lipinski definition) is 7. The monoisotopic (exact) mass is 371 g/mol. The number of aromatic nitrogens is 1. The Morgan fingerprint density at radius 1 is 1.37 bits per heavy atom. The molecular formula is C20H29N5O2. The number of aldehydes is 1. The van der Waals surface area contributed by atoms with Crippen LogP contribution in [-0.4, -0.2) is 50.3 Å². The van der Waals surface area contributed by atoms with Crippen LogP contribution in [-0.2, 0) is 11.3 Å². The van der Waals surface area contributed by atoms with Gasteiger partial charge in [0.15, 0.2) is 12.0 Å². The molecular weight excluding hydrogens is 342 g/mol. The van der Waals surface area contributed by atoms with Crippen molar-refractivity contribution in [3.8, 4) is 0 Å². The number of piperidine rings is 1. The minimum absolute atomic E-state index is 0.139. The maximum absolute atomic E-state index is 11.5. The van der Waals surface area contributed by atoms with E-state index < -0.39 is 0 Å². The van der Waals surface area contributed by atoms with E-state index in [-0.39, 0.29) is 6.10 Å². The molecule has 7 heteroatoms. The van der Waals surface area contributed by atoms with Gasteiger partial charge in [-0.1, -0.05) is 0 Å². The van der Waals surface area contributed by atoms with Crippen molar-refractivity contribution in [2.24, 2.45) is 5.92 Å². The average Bonchev–Trinajstić information content (AvgIpc) is 3.46. The summed E-state index contributed by atoms with van der Waals surface area (Å²) in [5.41, 5.74) is 3.60. The smallest absolute Gasteiger partial charge is 0.152 e. The first kappa shape index (κ1) is 19.4. The molecule has 2 fully saturated rings. The Morgan fingerprint density at radius 2 is 2.15 bits per heavy atom. The number of rotatable bonds is 8. The normalized spacial score (nSPS) is 24.2. The number of nitrogens with one attached hydrogen (secondary N) is 3. The lowest BCUT2D eigenvalue weighted by atomic mass is 10.0. The Balaban J connectivity index is 1.81. The van der Waals surface area contributed by atoms with Crippen molar-refractivity contribution < 1.29 is 9.53 Å². The maximum atomic E-state index is 11.5. The van der Waals surface area contributed by atoms with Crippen molar-refractivity contribution in [1.82, 2.24) is 15.6 Å². The molecule has 2 aliphatic rings. The van der Waals surface area contributed by atoms with E-state index in [0.29, 0.717) is 29.8 Å². The van der Waals surface area contributed by atoms with Crippen molar-refractivity contribution in [2.45, 2.75) is 45.4 Å². The van der Waals surface area contributed by atoms with Gasteiger partial charge in [-0.3, -0.25) is 4.79 Å². The highest BCUT2D eigenvalue weighted by Crippen LogP contribution is 2.47. The fourth-order valence-corrected chi connectivity index (χ4v) is 4.04. The second-order valence-corrected chi connectivity index (χ2v) is 7.28. The molecule has 3 unspecified atom stereocenters. The number of allylic oxidation sites excluding steroid dienone is 1. The zero-order valence-electron chi connectivity index (χ0n) is 16.5. The first-order valence-electron chi connectivity index (χ1n) is 9.46. The van der Waals surface area contributed by atoms with E-state index in [9.17, 15) is 4.79 Å². The molecule has 3 atom stereocenters. The van der Waals surface area contributed by atoms with Gasteiger partial charge in [-0.05, 0) is 38.4 Å². The number of carbonyl (C=O) groups excluding carboxylic acids is 1. The SMILES string of the molecule is CN/C=C(\C=N)OC1CCN(c2nc(CNC)c(C=O)c(C)c2C)C2CC12. The van der Waals surface area contributed by atoms with E-state index in [4.69, 9.17) is 15.1 Å². The quantitative estimate of drug-likeness (QED) is 0.367. The van der Waals surface area contributed by atoms with Crippen LogP contribution in [0.25, 0.3) is 0 Å². The number of pyridine rings is 1. The number of ether oxygens (including phenoxy) is 1. The van der Waals surface area contributed by atoms with Crippen LogP contribution in [0.3, 0.4) is 0 Å². The molecule has 0 amide bonds. The Hall–Kier alpha value is -2.41. The lowest BCUT2D eigenvalue weighted by Crippen LogP contribution is -2.40. The molecule has 27 heavy (non-hydrogen) atoms. The summed E-state index contributed by atoms with van der Waals surface area (Å²) in [4.78, 5) is 18.8. The summed E-state index contributed by atoms with van der Waals surface area (Å²) in [6, 6.07) is 0.417. The number of nitrogens with zero attached hydrogens (tertiary/aromatic N) is 2. The zero-order valence-corrected chi connectivity index (χ0v) is 16.5. The number of hydrogen-bond donors (Lipinski definition) is 3. The Kier molecular flexibility index (Phi) is 5.79. The van der Waals surface area contributed by atoms with Crippen molar-refractivity contribution >= 4 is 18.3 Å². The molecule has 1 aliphatic carbocycles. The molecule has 1 aromatic heterocycles. The van der Waals surface area contributed by atoms with Gasteiger partial charge in [-0.15, -0.1) is 0 Å². The van der Waals surface area contributed by atoms with Gasteiger partial charge in [0.2, 0.25) is 0 Å². The molecule has 2 heterocycles. The first-order chi connectivity index (χ1) is 13.0. The molecule has 0 radical (unpaired) electrons. The fourth-order valence-electron chi connectivity index (χ4n) is 4.04. The minimum Gasteiger partial charge on any atom is -0.487 e. The Bertz CT molecular complexity index is 761. The third-order valence-electron chi connectivity index (χ3n) is 5.64. The standard InChI is InChI=1S/C20H29N5O2/c1-12-13(2)20(24-17(10-23-4)16(12)11-26)25-6-5-19(15-7-18(15)25)27-14(8-21)9-22-3/h8-9,11,15,18-19,21-23H,5-7,10H2,1-4H3/b14-9+,21-8?. The summed E-state index contributed by atoms with van der Waals surface area (Å²) in [5.74, 6) is 2.02. The van der Waals surface area contributed by atoms with Crippen molar-refractivity contribution in [2.75, 3.05) is 25.5 Å². The Morgan fingerprint density at radius 3 is 2.78 bits per heavy atom. The molecule has 0 aromatic carbocycles. The van der Waals surface area contributed by atoms with Crippen molar-refractivity contribution in [3.63, 3.8) is 0 Å². The third kappa shape index (κ3) is 3.69. The van der Waals surface area contributed by atoms with E-state index in [2.05, 4.69) is 22.5 Å². The largest absolute Gasteiger partial charge is 0.487 e. The van der Waals surface area contributed by atoms with E-state index in [1.54, 1.807) is 13.2 Å². The lowest BCUT2D eigenvalue weighted by molar-refractivity contribution is 0.0930. The van der Waals surface area contributed by atoms with E-state index in [1.165, 1.54) is 6.21 Å². The Labute approximate surface area is 160 Å². The van der Waals surface area contributed by atoms with Gasteiger partial charge in [0.05, 0.1) is 11.9 Å². The molecule has 3 N–H and O–H groups in total. The van der Waals surface area contributed by atoms with Crippen molar-refractivity contribution in [3.05, 3.63) is 34.3 Å². The summed E-state index contributed by atoms with van der Waals surface area (Å²) >= 11 is 0. The van der Waals surface area contributed by atoms with E-state index in [1.807, 2.05) is 14.0 Å². The highest BCUT2D eigenvalue weighted by molar-refractivity contribution is 5.81. The van der Waals surface area contributed by atoms with Gasteiger partial charge in [-0.25, -0.2) is 4.98 Å². The predicted octanol–water partition coefficient (Wildman–Crippen LogP) is 1.92. The van der Waals surface area contributed by atoms with Crippen LogP contribution in [0.5, 0.6) is 0 Å². The second-order valence-electron chi connectivity index (χ2n) is 7.28. The lowest BCUT2D eigenvalue weighted by Gasteiger charge is -2.34. The van der Waals surface area contributed by atoms with Crippen molar-refractivity contribution in [1.29, 1.82) is 5.41 Å². The predicted molar refractivity (Wildman–Crippen MR) is 107 cm³/mol. The number of fused-ring (bicyclic) bond motifs is 1. The zero-order chi connectivity index (χ0) is 19.6. The van der Waals surface area contributed by atoms with Gasteiger partial charge in [-0.2, -0.15) is 0 Å². The van der Waals surface area contributed by atoms with Crippen LogP contribution in [0.2, 0.25) is 0 Å². The minimum atomic E-state index is 0.139. The van der Waals surface area contributed by atoms with Crippen LogP contribution in [0.15, 0.2) is 12.0 Å². The van der Waals surface area contributed by atoms with Gasteiger partial charge in [0.1, 0.15) is 11.9 Å². The highest BCUT2D eigenvalue weighted by atomic mass is 16.5. The molecule has 1 saturated heterocycles. The van der Waals surface area contributed by atoms with E-state index in [0.717, 1.165) is 48.3 Å². The van der Waals surface area contributed by atoms with Crippen LogP contribution < -0.4 is 15.5 Å². The summed E-state index contributed by atoms with van der Waals surface area (Å²) in [6.45, 7) is 5.50. The number of carbonyl (C=O) groups is 1. The van der Waals surface area contributed by atoms with Gasteiger partial charge in [0, 0.05) is 50.3 Å². The molecule has 0 bridgehead atoms. The summed E-state index contributed by atoms with van der Waals surface area (Å²) in [5, 5.41) is 13.5. The second kappa shape index (κ2) is 8.08. The summed E-state index contributed by atoms with van der Waals surface area (Å²) in [7, 11) is 3.67. The van der Waals surface area contributed by atoms with Gasteiger partial charge < -0.3 is 25.7 Å². The molecule has 1 saturated carbocycles. The highest BCUT2D eigenvalue weighted by Gasteiger charge is 2.52. The topological polar surface area (TPSA) is 90.3 Å². The molecule has 3 rings (SSSR count). The van der Waals surface area contributed by atoms with Crippen LogP contribution in [0.4, 0.5) is 5.82 Å².